The Balaban J connectivity index is 2.15. The molecule has 21 heavy (non-hydrogen) atoms. The Kier molecular flexibility index (Phi) is 4.24. The summed E-state index contributed by atoms with van der Waals surface area (Å²) in [6.45, 7) is 3.77. The summed E-state index contributed by atoms with van der Waals surface area (Å²) in [5, 5.41) is 11.7. The SMILES string of the molecule is Cc1cccc(C(=O)NC(C)c2ccc(C#N)cc2)c1N. The van der Waals surface area contributed by atoms with Crippen molar-refractivity contribution in [3.63, 3.8) is 0 Å². The van der Waals surface area contributed by atoms with Crippen molar-refractivity contribution < 1.29 is 4.79 Å². The first-order valence-electron chi connectivity index (χ1n) is 6.69. The molecule has 0 bridgehead atoms. The first-order chi connectivity index (χ1) is 10.0. The highest BCUT2D eigenvalue weighted by Gasteiger charge is 2.14. The van der Waals surface area contributed by atoms with Gasteiger partial charge in [0.1, 0.15) is 0 Å². The summed E-state index contributed by atoms with van der Waals surface area (Å²) in [6.07, 6.45) is 0. The Bertz CT molecular complexity index is 699. The largest absolute Gasteiger partial charge is 0.398 e. The molecular weight excluding hydrogens is 262 g/mol. The Labute approximate surface area is 124 Å². The molecule has 2 aromatic carbocycles. The first-order valence-corrected chi connectivity index (χ1v) is 6.69. The van der Waals surface area contributed by atoms with E-state index >= 15 is 0 Å². The average Bonchev–Trinajstić information content (AvgIpc) is 2.50. The van der Waals surface area contributed by atoms with Gasteiger partial charge in [-0.1, -0.05) is 24.3 Å². The van der Waals surface area contributed by atoms with Crippen LogP contribution in [0.3, 0.4) is 0 Å². The Morgan fingerprint density at radius 1 is 1.24 bits per heavy atom. The minimum Gasteiger partial charge on any atom is -0.398 e. The van der Waals surface area contributed by atoms with E-state index in [9.17, 15) is 4.79 Å². The molecule has 1 amide bonds. The normalized spacial score (nSPS) is 11.5. The maximum atomic E-state index is 12.3. The van der Waals surface area contributed by atoms with Gasteiger partial charge in [-0.3, -0.25) is 4.79 Å². The molecule has 0 fully saturated rings. The van der Waals surface area contributed by atoms with Crippen LogP contribution in [0.5, 0.6) is 0 Å². The number of carbonyl (C=O) groups excluding carboxylic acids is 1. The number of para-hydroxylation sites is 1. The number of nitrogens with one attached hydrogen (secondary N) is 1. The van der Waals surface area contributed by atoms with Gasteiger partial charge in [-0.05, 0) is 43.2 Å². The van der Waals surface area contributed by atoms with Crippen LogP contribution in [-0.4, -0.2) is 5.91 Å². The molecule has 4 heteroatoms. The molecule has 3 N–H and O–H groups in total. The van der Waals surface area contributed by atoms with Crippen molar-refractivity contribution >= 4 is 11.6 Å². The van der Waals surface area contributed by atoms with E-state index in [0.29, 0.717) is 16.8 Å². The quantitative estimate of drug-likeness (QED) is 0.848. The molecule has 106 valence electrons. The molecule has 0 spiro atoms. The molecule has 0 aliphatic carbocycles. The molecule has 2 rings (SSSR count). The van der Waals surface area contributed by atoms with E-state index in [4.69, 9.17) is 11.0 Å². The van der Waals surface area contributed by atoms with Gasteiger partial charge in [-0.15, -0.1) is 0 Å². The standard InChI is InChI=1S/C17H17N3O/c1-11-4-3-5-15(16(11)19)17(21)20-12(2)14-8-6-13(10-18)7-9-14/h3-9,12H,19H2,1-2H3,(H,20,21). The molecule has 0 radical (unpaired) electrons. The first kappa shape index (κ1) is 14.6. The van der Waals surface area contributed by atoms with Crippen molar-refractivity contribution in [3.05, 3.63) is 64.7 Å². The molecule has 1 atom stereocenters. The third-order valence-corrected chi connectivity index (χ3v) is 3.46. The number of hydrogen-bond donors (Lipinski definition) is 2. The second kappa shape index (κ2) is 6.10. The zero-order chi connectivity index (χ0) is 15.4. The van der Waals surface area contributed by atoms with E-state index in [0.717, 1.165) is 11.1 Å². The minimum absolute atomic E-state index is 0.162. The van der Waals surface area contributed by atoms with Crippen LogP contribution in [0.25, 0.3) is 0 Å². The van der Waals surface area contributed by atoms with Crippen LogP contribution in [0.2, 0.25) is 0 Å². The van der Waals surface area contributed by atoms with E-state index in [1.54, 1.807) is 18.2 Å². The molecule has 0 aliphatic rings. The topological polar surface area (TPSA) is 78.9 Å². The summed E-state index contributed by atoms with van der Waals surface area (Å²) < 4.78 is 0. The summed E-state index contributed by atoms with van der Waals surface area (Å²) in [7, 11) is 0. The number of hydrogen-bond acceptors (Lipinski definition) is 3. The van der Waals surface area contributed by atoms with Crippen molar-refractivity contribution in [2.75, 3.05) is 5.73 Å². The molecule has 1 unspecified atom stereocenters. The lowest BCUT2D eigenvalue weighted by atomic mass is 10.0. The number of rotatable bonds is 3. The lowest BCUT2D eigenvalue weighted by molar-refractivity contribution is 0.0940. The van der Waals surface area contributed by atoms with Crippen LogP contribution in [0.1, 0.15) is 40.0 Å². The van der Waals surface area contributed by atoms with Crippen molar-refractivity contribution in [3.8, 4) is 6.07 Å². The van der Waals surface area contributed by atoms with Crippen molar-refractivity contribution in [2.24, 2.45) is 0 Å². The predicted molar refractivity (Wildman–Crippen MR) is 82.6 cm³/mol. The lowest BCUT2D eigenvalue weighted by Gasteiger charge is -2.16. The highest BCUT2D eigenvalue weighted by atomic mass is 16.1. The molecule has 2 aromatic rings. The van der Waals surface area contributed by atoms with Gasteiger partial charge in [0, 0.05) is 5.69 Å². The van der Waals surface area contributed by atoms with Gasteiger partial charge in [0.05, 0.1) is 23.2 Å². The highest BCUT2D eigenvalue weighted by molar-refractivity contribution is 5.99. The number of aryl methyl sites for hydroxylation is 1. The van der Waals surface area contributed by atoms with Crippen LogP contribution < -0.4 is 11.1 Å². The number of anilines is 1. The molecule has 0 saturated heterocycles. The van der Waals surface area contributed by atoms with Crippen molar-refractivity contribution in [2.45, 2.75) is 19.9 Å². The number of nitrogen functional groups attached to an aromatic ring is 1. The summed E-state index contributed by atoms with van der Waals surface area (Å²) in [6, 6.07) is 14.4. The fourth-order valence-corrected chi connectivity index (χ4v) is 2.08. The second-order valence-electron chi connectivity index (χ2n) is 4.97. The lowest BCUT2D eigenvalue weighted by Crippen LogP contribution is -2.27. The van der Waals surface area contributed by atoms with E-state index in [1.807, 2.05) is 38.1 Å². The number of carbonyl (C=O) groups is 1. The maximum Gasteiger partial charge on any atom is 0.253 e. The summed E-state index contributed by atoms with van der Waals surface area (Å²) in [5.74, 6) is -0.201. The molecule has 0 saturated carbocycles. The molecular formula is C17H17N3O. The van der Waals surface area contributed by atoms with Crippen LogP contribution >= 0.6 is 0 Å². The van der Waals surface area contributed by atoms with Crippen molar-refractivity contribution in [1.29, 1.82) is 5.26 Å². The summed E-state index contributed by atoms with van der Waals surface area (Å²) in [5.41, 5.74) is 9.34. The molecule has 0 heterocycles. The number of amides is 1. The second-order valence-corrected chi connectivity index (χ2v) is 4.97. The fourth-order valence-electron chi connectivity index (χ4n) is 2.08. The van der Waals surface area contributed by atoms with Gasteiger partial charge in [-0.2, -0.15) is 5.26 Å². The Morgan fingerprint density at radius 3 is 2.52 bits per heavy atom. The zero-order valence-electron chi connectivity index (χ0n) is 12.1. The zero-order valence-corrected chi connectivity index (χ0v) is 12.1. The van der Waals surface area contributed by atoms with Crippen molar-refractivity contribution in [1.82, 2.24) is 5.32 Å². The van der Waals surface area contributed by atoms with Gasteiger partial charge in [0.15, 0.2) is 0 Å². The van der Waals surface area contributed by atoms with E-state index in [2.05, 4.69) is 11.4 Å². The molecule has 0 aromatic heterocycles. The highest BCUT2D eigenvalue weighted by Crippen LogP contribution is 2.19. The summed E-state index contributed by atoms with van der Waals surface area (Å²) >= 11 is 0. The minimum atomic E-state index is -0.201. The number of nitrogens with two attached hydrogens (primary N) is 1. The van der Waals surface area contributed by atoms with Gasteiger partial charge in [0.25, 0.3) is 5.91 Å². The summed E-state index contributed by atoms with van der Waals surface area (Å²) in [4.78, 5) is 12.3. The van der Waals surface area contributed by atoms with Crippen LogP contribution in [0.15, 0.2) is 42.5 Å². The van der Waals surface area contributed by atoms with Gasteiger partial charge >= 0.3 is 0 Å². The third kappa shape index (κ3) is 3.21. The average molecular weight is 279 g/mol. The van der Waals surface area contributed by atoms with Gasteiger partial charge in [-0.25, -0.2) is 0 Å². The van der Waals surface area contributed by atoms with E-state index in [1.165, 1.54) is 0 Å². The van der Waals surface area contributed by atoms with Crippen LogP contribution in [0, 0.1) is 18.3 Å². The van der Waals surface area contributed by atoms with Crippen LogP contribution in [-0.2, 0) is 0 Å². The number of benzene rings is 2. The molecule has 0 aliphatic heterocycles. The Hall–Kier alpha value is -2.80. The predicted octanol–water partition coefficient (Wildman–Crippen LogP) is 2.94. The maximum absolute atomic E-state index is 12.3. The smallest absolute Gasteiger partial charge is 0.253 e. The number of nitrogens with zero attached hydrogens (tertiary/aromatic N) is 1. The number of nitriles is 1. The van der Waals surface area contributed by atoms with E-state index < -0.39 is 0 Å². The van der Waals surface area contributed by atoms with Gasteiger partial charge in [0.2, 0.25) is 0 Å². The van der Waals surface area contributed by atoms with E-state index in [-0.39, 0.29) is 11.9 Å². The Morgan fingerprint density at radius 2 is 1.90 bits per heavy atom. The fraction of sp³-hybridized carbons (Fsp3) is 0.176. The van der Waals surface area contributed by atoms with Gasteiger partial charge < -0.3 is 11.1 Å². The third-order valence-electron chi connectivity index (χ3n) is 3.46. The monoisotopic (exact) mass is 279 g/mol. The molecule has 4 nitrogen and oxygen atoms in total. The van der Waals surface area contributed by atoms with Crippen LogP contribution in [0.4, 0.5) is 5.69 Å².